The van der Waals surface area contributed by atoms with Crippen molar-refractivity contribution in [2.24, 2.45) is 12.8 Å². The van der Waals surface area contributed by atoms with E-state index in [0.717, 1.165) is 5.56 Å². The smallest absolute Gasteiger partial charge is 0.246 e. The molecule has 1 aromatic heterocycles. The van der Waals surface area contributed by atoms with Crippen molar-refractivity contribution in [1.29, 1.82) is 0 Å². The third-order valence-electron chi connectivity index (χ3n) is 2.77. The van der Waals surface area contributed by atoms with Gasteiger partial charge in [-0.2, -0.15) is 5.10 Å². The van der Waals surface area contributed by atoms with Crippen LogP contribution in [0.5, 0.6) is 0 Å². The quantitative estimate of drug-likeness (QED) is 0.748. The molecule has 0 bridgehead atoms. The van der Waals surface area contributed by atoms with Gasteiger partial charge in [-0.25, -0.2) is 0 Å². The van der Waals surface area contributed by atoms with Gasteiger partial charge in [0.2, 0.25) is 5.91 Å². The van der Waals surface area contributed by atoms with E-state index < -0.39 is 6.04 Å². The van der Waals surface area contributed by atoms with E-state index >= 15 is 0 Å². The van der Waals surface area contributed by atoms with Gasteiger partial charge in [0.1, 0.15) is 6.04 Å². The number of nitrogens with one attached hydrogen (secondary N) is 1. The Kier molecular flexibility index (Phi) is 3.94. The average Bonchev–Trinajstić information content (AvgIpc) is 2.85. The first-order chi connectivity index (χ1) is 9.10. The lowest BCUT2D eigenvalue weighted by Crippen LogP contribution is -2.27. The number of nitrogens with zero attached hydrogens (tertiary/aromatic N) is 2. The second-order valence-corrected chi connectivity index (χ2v) is 4.27. The highest BCUT2D eigenvalue weighted by molar-refractivity contribution is 5.95. The molecule has 19 heavy (non-hydrogen) atoms. The third kappa shape index (κ3) is 3.18. The summed E-state index contributed by atoms with van der Waals surface area (Å²) in [5.74, 6) is -0.301. The fourth-order valence-electron chi connectivity index (χ4n) is 1.67. The summed E-state index contributed by atoms with van der Waals surface area (Å²) in [5.41, 5.74) is 7.94. The predicted octanol–water partition coefficient (Wildman–Crippen LogP) is 0.551. The average molecular weight is 260 g/mol. The van der Waals surface area contributed by atoms with Gasteiger partial charge in [0.15, 0.2) is 0 Å². The minimum Gasteiger partial charge on any atom is -0.392 e. The molecule has 0 aliphatic carbocycles. The van der Waals surface area contributed by atoms with Gasteiger partial charge in [0.05, 0.1) is 12.8 Å². The Morgan fingerprint density at radius 3 is 2.68 bits per heavy atom. The van der Waals surface area contributed by atoms with E-state index in [1.54, 1.807) is 48.4 Å². The Hall–Kier alpha value is -2.18. The van der Waals surface area contributed by atoms with E-state index in [4.69, 9.17) is 10.8 Å². The van der Waals surface area contributed by atoms with Crippen LogP contribution in [0.1, 0.15) is 17.2 Å². The molecule has 100 valence electrons. The summed E-state index contributed by atoms with van der Waals surface area (Å²) in [4.78, 5) is 12.0. The van der Waals surface area contributed by atoms with Crippen molar-refractivity contribution in [2.75, 3.05) is 5.32 Å². The zero-order chi connectivity index (χ0) is 13.8. The molecule has 1 unspecified atom stereocenters. The molecule has 1 amide bonds. The molecule has 2 rings (SSSR count). The van der Waals surface area contributed by atoms with E-state index in [2.05, 4.69) is 10.4 Å². The molecule has 1 aromatic carbocycles. The molecule has 0 saturated heterocycles. The molecule has 0 radical (unpaired) electrons. The van der Waals surface area contributed by atoms with Gasteiger partial charge in [-0.05, 0) is 17.7 Å². The maximum atomic E-state index is 12.0. The third-order valence-corrected chi connectivity index (χ3v) is 2.77. The number of carbonyl (C=O) groups is 1. The summed E-state index contributed by atoms with van der Waals surface area (Å²) in [6.45, 7) is -0.0244. The lowest BCUT2D eigenvalue weighted by atomic mass is 10.1. The molecule has 4 N–H and O–H groups in total. The summed E-state index contributed by atoms with van der Waals surface area (Å²) in [6.07, 6.45) is 3.28. The van der Waals surface area contributed by atoms with Crippen molar-refractivity contribution < 1.29 is 9.90 Å². The van der Waals surface area contributed by atoms with Gasteiger partial charge in [-0.1, -0.05) is 12.1 Å². The number of aromatic nitrogens is 2. The zero-order valence-corrected chi connectivity index (χ0v) is 10.6. The molecule has 1 heterocycles. The number of aliphatic hydroxyl groups is 1. The Morgan fingerprint density at radius 1 is 1.47 bits per heavy atom. The molecule has 0 spiro atoms. The van der Waals surface area contributed by atoms with Crippen molar-refractivity contribution in [3.63, 3.8) is 0 Å². The largest absolute Gasteiger partial charge is 0.392 e. The van der Waals surface area contributed by atoms with Gasteiger partial charge in [-0.3, -0.25) is 9.48 Å². The maximum absolute atomic E-state index is 12.0. The minimum absolute atomic E-state index is 0.0244. The summed E-state index contributed by atoms with van der Waals surface area (Å²) < 4.78 is 1.60. The van der Waals surface area contributed by atoms with Gasteiger partial charge in [-0.15, -0.1) is 0 Å². The van der Waals surface area contributed by atoms with E-state index in [1.165, 1.54) is 0 Å². The van der Waals surface area contributed by atoms with E-state index in [-0.39, 0.29) is 12.5 Å². The number of carbonyl (C=O) groups excluding carboxylic acids is 1. The minimum atomic E-state index is -0.758. The molecule has 2 aromatic rings. The van der Waals surface area contributed by atoms with Crippen molar-refractivity contribution in [3.8, 4) is 0 Å². The van der Waals surface area contributed by atoms with E-state index in [1.807, 2.05) is 0 Å². The predicted molar refractivity (Wildman–Crippen MR) is 71.1 cm³/mol. The molecule has 6 nitrogen and oxygen atoms in total. The highest BCUT2D eigenvalue weighted by Gasteiger charge is 2.17. The lowest BCUT2D eigenvalue weighted by Gasteiger charge is -2.10. The van der Waals surface area contributed by atoms with E-state index in [0.29, 0.717) is 11.3 Å². The molecular formula is C13H16N4O2. The summed E-state index contributed by atoms with van der Waals surface area (Å²) in [6, 6.07) is 6.17. The van der Waals surface area contributed by atoms with Crippen LogP contribution in [-0.4, -0.2) is 20.8 Å². The van der Waals surface area contributed by atoms with Crippen molar-refractivity contribution in [3.05, 3.63) is 47.8 Å². The number of nitrogens with two attached hydrogens (primary N) is 1. The summed E-state index contributed by atoms with van der Waals surface area (Å²) in [7, 11) is 1.77. The normalized spacial score (nSPS) is 12.2. The van der Waals surface area contributed by atoms with Crippen LogP contribution in [-0.2, 0) is 18.4 Å². The number of benzene rings is 1. The number of aryl methyl sites for hydroxylation is 1. The van der Waals surface area contributed by atoms with Crippen LogP contribution in [0, 0.1) is 0 Å². The Balaban J connectivity index is 2.03. The maximum Gasteiger partial charge on any atom is 0.246 e. The monoisotopic (exact) mass is 260 g/mol. The molecule has 6 heteroatoms. The summed E-state index contributed by atoms with van der Waals surface area (Å²) in [5, 5.41) is 15.6. The fourth-order valence-corrected chi connectivity index (χ4v) is 1.67. The van der Waals surface area contributed by atoms with Crippen LogP contribution < -0.4 is 11.1 Å². The number of hydrogen-bond acceptors (Lipinski definition) is 4. The van der Waals surface area contributed by atoms with Crippen LogP contribution in [0.25, 0.3) is 0 Å². The molecule has 0 aliphatic rings. The first-order valence-corrected chi connectivity index (χ1v) is 5.85. The Bertz CT molecular complexity index is 562. The molecule has 0 aliphatic heterocycles. The number of anilines is 1. The molecular weight excluding hydrogens is 244 g/mol. The number of hydrogen-bond donors (Lipinski definition) is 3. The summed E-state index contributed by atoms with van der Waals surface area (Å²) >= 11 is 0. The van der Waals surface area contributed by atoms with Gasteiger partial charge < -0.3 is 16.2 Å². The first kappa shape index (κ1) is 13.3. The van der Waals surface area contributed by atoms with Gasteiger partial charge in [0, 0.05) is 24.5 Å². The van der Waals surface area contributed by atoms with Gasteiger partial charge >= 0.3 is 0 Å². The van der Waals surface area contributed by atoms with Crippen LogP contribution in [0.2, 0.25) is 0 Å². The second kappa shape index (κ2) is 5.64. The van der Waals surface area contributed by atoms with Crippen molar-refractivity contribution in [1.82, 2.24) is 9.78 Å². The lowest BCUT2D eigenvalue weighted by molar-refractivity contribution is -0.117. The number of rotatable bonds is 4. The first-order valence-electron chi connectivity index (χ1n) is 5.85. The van der Waals surface area contributed by atoms with Crippen LogP contribution in [0.4, 0.5) is 5.69 Å². The standard InChI is InChI=1S/C13H16N4O2/c1-17-7-10(6-15-17)12(14)13(19)16-11-4-2-9(8-18)3-5-11/h2-7,12,18H,8,14H2,1H3,(H,16,19). The Morgan fingerprint density at radius 2 is 2.16 bits per heavy atom. The van der Waals surface area contributed by atoms with Crippen LogP contribution in [0.3, 0.4) is 0 Å². The number of amides is 1. The zero-order valence-electron chi connectivity index (χ0n) is 10.6. The number of aliphatic hydroxyl groups excluding tert-OH is 1. The molecule has 0 fully saturated rings. The highest BCUT2D eigenvalue weighted by Crippen LogP contribution is 2.14. The van der Waals surface area contributed by atoms with Crippen LogP contribution in [0.15, 0.2) is 36.7 Å². The highest BCUT2D eigenvalue weighted by atomic mass is 16.3. The van der Waals surface area contributed by atoms with E-state index in [9.17, 15) is 4.79 Å². The second-order valence-electron chi connectivity index (χ2n) is 4.27. The molecule has 0 saturated carbocycles. The van der Waals surface area contributed by atoms with Crippen molar-refractivity contribution in [2.45, 2.75) is 12.6 Å². The fraction of sp³-hybridized carbons (Fsp3) is 0.231. The Labute approximate surface area is 110 Å². The topological polar surface area (TPSA) is 93.2 Å². The van der Waals surface area contributed by atoms with Gasteiger partial charge in [0.25, 0.3) is 0 Å². The SMILES string of the molecule is Cn1cc(C(N)C(=O)Nc2ccc(CO)cc2)cn1. The van der Waals surface area contributed by atoms with Crippen molar-refractivity contribution >= 4 is 11.6 Å². The molecule has 1 atom stereocenters. The van der Waals surface area contributed by atoms with Crippen LogP contribution >= 0.6 is 0 Å².